The van der Waals surface area contributed by atoms with Crippen molar-refractivity contribution in [1.29, 1.82) is 0 Å². The lowest BCUT2D eigenvalue weighted by Crippen LogP contribution is -2.11. The Hall–Kier alpha value is -5.86. The van der Waals surface area contributed by atoms with Crippen LogP contribution in [-0.4, -0.2) is 0 Å². The van der Waals surface area contributed by atoms with Gasteiger partial charge in [-0.05, 0) is 63.7 Å². The van der Waals surface area contributed by atoms with Crippen LogP contribution < -0.4 is 4.90 Å². The molecule has 0 saturated carbocycles. The molecule has 0 fully saturated rings. The third-order valence-electron chi connectivity index (χ3n) is 8.80. The molecule has 0 spiro atoms. The van der Waals surface area contributed by atoms with E-state index < -0.39 is 0 Å². The molecule has 1 heterocycles. The van der Waals surface area contributed by atoms with Crippen LogP contribution >= 0.6 is 0 Å². The molecular weight excluding hydrogens is 534 g/mol. The van der Waals surface area contributed by atoms with Gasteiger partial charge in [-0.2, -0.15) is 0 Å². The number of fused-ring (bicyclic) bond motifs is 7. The van der Waals surface area contributed by atoms with E-state index in [9.17, 15) is 0 Å². The Labute approximate surface area is 255 Å². The van der Waals surface area contributed by atoms with Gasteiger partial charge in [0.15, 0.2) is 0 Å². The third-order valence-corrected chi connectivity index (χ3v) is 8.80. The van der Waals surface area contributed by atoms with Gasteiger partial charge in [-0.15, -0.1) is 0 Å². The van der Waals surface area contributed by atoms with Gasteiger partial charge in [-0.3, -0.25) is 0 Å². The Morgan fingerprint density at radius 1 is 0.364 bits per heavy atom. The van der Waals surface area contributed by atoms with E-state index in [1.54, 1.807) is 0 Å². The maximum absolute atomic E-state index is 6.47. The molecule has 0 N–H and O–H groups in total. The fraction of sp³-hybridized carbons (Fsp3) is 0. The van der Waals surface area contributed by atoms with Gasteiger partial charge in [0.05, 0.1) is 11.4 Å². The van der Waals surface area contributed by atoms with E-state index in [0.717, 1.165) is 49.8 Å². The van der Waals surface area contributed by atoms with Crippen LogP contribution in [0.5, 0.6) is 0 Å². The standard InChI is InChI=1S/C42H27NO/c1-2-11-28(12-3-1)30-21-22-32-26-33(24-23-31(32)25-30)43(39-19-10-14-29-13-4-5-15-34(29)39)40-27-38-36-17-8-9-20-41(36)44-42(38)37-18-7-6-16-35(37)40/h1-27H. The second-order valence-electron chi connectivity index (χ2n) is 11.4. The molecule has 9 aromatic rings. The van der Waals surface area contributed by atoms with Gasteiger partial charge in [0.1, 0.15) is 11.2 Å². The van der Waals surface area contributed by atoms with Gasteiger partial charge >= 0.3 is 0 Å². The van der Waals surface area contributed by atoms with E-state index in [-0.39, 0.29) is 0 Å². The zero-order valence-corrected chi connectivity index (χ0v) is 23.9. The first-order valence-corrected chi connectivity index (χ1v) is 15.0. The van der Waals surface area contributed by atoms with Crippen LogP contribution in [0, 0.1) is 0 Å². The first kappa shape index (κ1) is 24.7. The van der Waals surface area contributed by atoms with E-state index in [1.165, 1.54) is 32.7 Å². The molecule has 0 aliphatic carbocycles. The minimum absolute atomic E-state index is 0.904. The first-order chi connectivity index (χ1) is 21.8. The van der Waals surface area contributed by atoms with Crippen LogP contribution in [0.15, 0.2) is 168 Å². The predicted octanol–water partition coefficient (Wildman–Crippen LogP) is 12.2. The van der Waals surface area contributed by atoms with Crippen molar-refractivity contribution in [2.75, 3.05) is 4.90 Å². The fourth-order valence-electron chi connectivity index (χ4n) is 6.71. The highest BCUT2D eigenvalue weighted by molar-refractivity contribution is 6.20. The summed E-state index contributed by atoms with van der Waals surface area (Å²) in [4.78, 5) is 2.43. The van der Waals surface area contributed by atoms with E-state index in [0.29, 0.717) is 0 Å². The third kappa shape index (κ3) is 3.89. The summed E-state index contributed by atoms with van der Waals surface area (Å²) in [7, 11) is 0. The molecule has 206 valence electrons. The van der Waals surface area contributed by atoms with Crippen molar-refractivity contribution in [3.63, 3.8) is 0 Å². The van der Waals surface area contributed by atoms with Crippen LogP contribution in [0.3, 0.4) is 0 Å². The van der Waals surface area contributed by atoms with Crippen molar-refractivity contribution in [2.24, 2.45) is 0 Å². The summed E-state index contributed by atoms with van der Waals surface area (Å²) in [5, 5.41) is 9.33. The van der Waals surface area contributed by atoms with Crippen molar-refractivity contribution in [2.45, 2.75) is 0 Å². The molecule has 0 amide bonds. The molecule has 0 aliphatic rings. The highest BCUT2D eigenvalue weighted by Crippen LogP contribution is 2.46. The fourth-order valence-corrected chi connectivity index (χ4v) is 6.71. The smallest absolute Gasteiger partial charge is 0.143 e. The van der Waals surface area contributed by atoms with Crippen molar-refractivity contribution >= 4 is 71.3 Å². The monoisotopic (exact) mass is 561 g/mol. The van der Waals surface area contributed by atoms with Gasteiger partial charge in [0.2, 0.25) is 0 Å². The number of benzene rings is 8. The first-order valence-electron chi connectivity index (χ1n) is 15.0. The van der Waals surface area contributed by atoms with Crippen LogP contribution in [0.2, 0.25) is 0 Å². The van der Waals surface area contributed by atoms with E-state index in [1.807, 2.05) is 6.07 Å². The number of hydrogen-bond acceptors (Lipinski definition) is 2. The normalized spacial score (nSPS) is 11.6. The Morgan fingerprint density at radius 3 is 1.93 bits per heavy atom. The molecule has 0 unspecified atom stereocenters. The lowest BCUT2D eigenvalue weighted by molar-refractivity contribution is 0.672. The minimum atomic E-state index is 0.904. The topological polar surface area (TPSA) is 16.4 Å². The molecule has 0 atom stereocenters. The maximum Gasteiger partial charge on any atom is 0.143 e. The lowest BCUT2D eigenvalue weighted by atomic mass is 9.99. The van der Waals surface area contributed by atoms with Crippen molar-refractivity contribution in [1.82, 2.24) is 0 Å². The van der Waals surface area contributed by atoms with Crippen LogP contribution in [0.4, 0.5) is 17.1 Å². The summed E-state index contributed by atoms with van der Waals surface area (Å²) < 4.78 is 6.47. The maximum atomic E-state index is 6.47. The average Bonchev–Trinajstić information content (AvgIpc) is 3.47. The minimum Gasteiger partial charge on any atom is -0.455 e. The summed E-state index contributed by atoms with van der Waals surface area (Å²) >= 11 is 0. The number of rotatable bonds is 4. The van der Waals surface area contributed by atoms with Gasteiger partial charge in [-0.25, -0.2) is 0 Å². The van der Waals surface area contributed by atoms with Crippen molar-refractivity contribution in [3.8, 4) is 11.1 Å². The van der Waals surface area contributed by atoms with Gasteiger partial charge in [0.25, 0.3) is 0 Å². The molecule has 2 heteroatoms. The molecule has 9 rings (SSSR count). The summed E-state index contributed by atoms with van der Waals surface area (Å²) in [6.07, 6.45) is 0. The number of furan rings is 1. The molecule has 2 nitrogen and oxygen atoms in total. The van der Waals surface area contributed by atoms with Crippen LogP contribution in [-0.2, 0) is 0 Å². The predicted molar refractivity (Wildman–Crippen MR) is 186 cm³/mol. The summed E-state index contributed by atoms with van der Waals surface area (Å²) in [5.41, 5.74) is 7.65. The van der Waals surface area contributed by atoms with Crippen LogP contribution in [0.1, 0.15) is 0 Å². The second kappa shape index (κ2) is 9.86. The molecule has 0 saturated heterocycles. The zero-order chi connectivity index (χ0) is 29.0. The van der Waals surface area contributed by atoms with Gasteiger partial charge in [-0.1, -0.05) is 127 Å². The van der Waals surface area contributed by atoms with E-state index >= 15 is 0 Å². The Morgan fingerprint density at radius 2 is 1.05 bits per heavy atom. The number of nitrogens with zero attached hydrogens (tertiary/aromatic N) is 1. The number of hydrogen-bond donors (Lipinski definition) is 0. The summed E-state index contributed by atoms with van der Waals surface area (Å²) in [6.45, 7) is 0. The number of anilines is 3. The Kier molecular flexibility index (Phi) is 5.54. The van der Waals surface area contributed by atoms with Gasteiger partial charge < -0.3 is 9.32 Å². The molecule has 0 aliphatic heterocycles. The molecule has 0 radical (unpaired) electrons. The van der Waals surface area contributed by atoms with E-state index in [2.05, 4.69) is 163 Å². The molecule has 44 heavy (non-hydrogen) atoms. The summed E-state index contributed by atoms with van der Waals surface area (Å²) in [6, 6.07) is 58.6. The lowest BCUT2D eigenvalue weighted by Gasteiger charge is -2.28. The SMILES string of the molecule is c1ccc(-c2ccc3cc(N(c4cccc5ccccc45)c4cc5c6ccccc6oc5c5ccccc45)ccc3c2)cc1. The largest absolute Gasteiger partial charge is 0.455 e. The van der Waals surface area contributed by atoms with Crippen LogP contribution in [0.25, 0.3) is 65.4 Å². The highest BCUT2D eigenvalue weighted by atomic mass is 16.3. The Bertz CT molecular complexity index is 2500. The molecule has 8 aromatic carbocycles. The van der Waals surface area contributed by atoms with Gasteiger partial charge in [0, 0.05) is 32.6 Å². The van der Waals surface area contributed by atoms with Crippen molar-refractivity contribution < 1.29 is 4.42 Å². The molecule has 1 aromatic heterocycles. The zero-order valence-electron chi connectivity index (χ0n) is 23.9. The Balaban J connectivity index is 1.34. The number of para-hydroxylation sites is 1. The average molecular weight is 562 g/mol. The molecular formula is C42H27NO. The molecule has 0 bridgehead atoms. The quantitative estimate of drug-likeness (QED) is 0.212. The van der Waals surface area contributed by atoms with Crippen molar-refractivity contribution in [3.05, 3.63) is 164 Å². The second-order valence-corrected chi connectivity index (χ2v) is 11.4. The highest BCUT2D eigenvalue weighted by Gasteiger charge is 2.21. The summed E-state index contributed by atoms with van der Waals surface area (Å²) in [5.74, 6) is 0. The van der Waals surface area contributed by atoms with E-state index in [4.69, 9.17) is 4.42 Å².